The Morgan fingerprint density at radius 2 is 1.85 bits per heavy atom. The number of nitrogens with zero attached hydrogens (tertiary/aromatic N) is 4. The first-order valence-corrected chi connectivity index (χ1v) is 15.8. The quantitative estimate of drug-likeness (QED) is 0.222. The fourth-order valence-electron chi connectivity index (χ4n) is 7.81. The first-order valence-electron chi connectivity index (χ1n) is 15.8. The Balaban J connectivity index is 1.41. The van der Waals surface area contributed by atoms with Gasteiger partial charge in [0.25, 0.3) is 0 Å². The van der Waals surface area contributed by atoms with Gasteiger partial charge in [0.1, 0.15) is 35.3 Å². The van der Waals surface area contributed by atoms with Gasteiger partial charge >= 0.3 is 6.01 Å². The van der Waals surface area contributed by atoms with Crippen LogP contribution in [0.3, 0.4) is 0 Å². The molecule has 1 unspecified atom stereocenters. The third-order valence-corrected chi connectivity index (χ3v) is 9.91. The van der Waals surface area contributed by atoms with Gasteiger partial charge in [-0.15, -0.1) is 0 Å². The molecular weight excluding hydrogens is 600 g/mol. The molecule has 3 aliphatic rings. The lowest BCUT2D eigenvalue weighted by Crippen LogP contribution is -2.46. The zero-order valence-electron chi connectivity index (χ0n) is 25.8. The van der Waals surface area contributed by atoms with Gasteiger partial charge in [0.15, 0.2) is 5.82 Å². The standard InChI is InChI=1S/C35H36F4N4O3/c1-3-23-26(37)7-6-21-12-22(44)13-24(28(21)23)29-27(38)14-25-31(30(29)39)40-33(41-32(25)42-10-4-8-34(2,45)18-42)46-19-35-9-5-11-43(35)17-20(15-35)16-36/h6-7,12-14,16,44-45H,3-5,8-11,15,17-19H2,1-2H3/b20-16-/t34-,35?/m1/s1. The predicted molar refractivity (Wildman–Crippen MR) is 168 cm³/mol. The first kappa shape index (κ1) is 30.7. The fraction of sp³-hybridized carbons (Fsp3) is 0.429. The third-order valence-electron chi connectivity index (χ3n) is 9.91. The van der Waals surface area contributed by atoms with Gasteiger partial charge in [-0.05, 0) is 104 Å². The predicted octanol–water partition coefficient (Wildman–Crippen LogP) is 6.96. The minimum atomic E-state index is -1.04. The number of benzene rings is 3. The molecule has 0 amide bonds. The zero-order chi connectivity index (χ0) is 32.4. The zero-order valence-corrected chi connectivity index (χ0v) is 25.8. The second-order valence-electron chi connectivity index (χ2n) is 13.2. The SMILES string of the molecule is CCc1c(F)ccc2cc(O)cc(-c3c(F)cc4c(N5CCC[C@@](C)(O)C5)nc(OCC56CCCN5C/C(=C\F)C6)nc4c3F)c12. The summed E-state index contributed by atoms with van der Waals surface area (Å²) in [7, 11) is 0. The van der Waals surface area contributed by atoms with Crippen LogP contribution in [0.4, 0.5) is 23.4 Å². The molecule has 4 heterocycles. The maximum atomic E-state index is 16.9. The lowest BCUT2D eigenvalue weighted by atomic mass is 9.91. The minimum absolute atomic E-state index is 0.00349. The molecule has 7 rings (SSSR count). The van der Waals surface area contributed by atoms with E-state index in [4.69, 9.17) is 4.74 Å². The van der Waals surface area contributed by atoms with Crippen LogP contribution in [0.2, 0.25) is 0 Å². The molecule has 46 heavy (non-hydrogen) atoms. The van der Waals surface area contributed by atoms with Crippen molar-refractivity contribution in [3.8, 4) is 22.9 Å². The van der Waals surface area contributed by atoms with Crippen molar-refractivity contribution in [2.45, 2.75) is 63.5 Å². The van der Waals surface area contributed by atoms with Gasteiger partial charge in [0.05, 0.1) is 23.0 Å². The van der Waals surface area contributed by atoms with Gasteiger partial charge in [-0.2, -0.15) is 9.97 Å². The Kier molecular flexibility index (Phi) is 7.59. The molecule has 11 heteroatoms. The molecule has 7 nitrogen and oxygen atoms in total. The molecule has 4 aromatic rings. The van der Waals surface area contributed by atoms with E-state index in [9.17, 15) is 19.0 Å². The number of phenols is 1. The van der Waals surface area contributed by atoms with Crippen molar-refractivity contribution < 1.29 is 32.5 Å². The number of anilines is 1. The summed E-state index contributed by atoms with van der Waals surface area (Å²) < 4.78 is 67.7. The molecule has 0 saturated carbocycles. The van der Waals surface area contributed by atoms with E-state index in [-0.39, 0.29) is 59.2 Å². The van der Waals surface area contributed by atoms with Crippen molar-refractivity contribution in [2.75, 3.05) is 37.7 Å². The number of aromatic hydroxyl groups is 1. The van der Waals surface area contributed by atoms with E-state index in [1.54, 1.807) is 18.7 Å². The number of phenolic OH excluding ortho intramolecular Hbond substituents is 1. The van der Waals surface area contributed by atoms with E-state index in [0.717, 1.165) is 25.5 Å². The highest BCUT2D eigenvalue weighted by Gasteiger charge is 2.47. The van der Waals surface area contributed by atoms with E-state index in [1.165, 1.54) is 24.3 Å². The molecule has 1 aromatic heterocycles. The van der Waals surface area contributed by atoms with Crippen LogP contribution in [0, 0.1) is 17.5 Å². The molecule has 3 aliphatic heterocycles. The highest BCUT2D eigenvalue weighted by molar-refractivity contribution is 6.03. The highest BCUT2D eigenvalue weighted by atomic mass is 19.1. The number of halogens is 4. The summed E-state index contributed by atoms with van der Waals surface area (Å²) in [4.78, 5) is 13.1. The van der Waals surface area contributed by atoms with Crippen LogP contribution in [0.25, 0.3) is 32.8 Å². The molecule has 2 atom stereocenters. The lowest BCUT2D eigenvalue weighted by molar-refractivity contribution is 0.0447. The van der Waals surface area contributed by atoms with Crippen molar-refractivity contribution >= 4 is 27.5 Å². The van der Waals surface area contributed by atoms with Crippen LogP contribution in [0.5, 0.6) is 11.8 Å². The van der Waals surface area contributed by atoms with Gasteiger partial charge < -0.3 is 19.8 Å². The topological polar surface area (TPSA) is 82.0 Å². The number of rotatable bonds is 6. The first-order chi connectivity index (χ1) is 22.0. The summed E-state index contributed by atoms with van der Waals surface area (Å²) in [6.45, 7) is 5.61. The van der Waals surface area contributed by atoms with Crippen molar-refractivity contribution in [1.29, 1.82) is 0 Å². The van der Waals surface area contributed by atoms with E-state index in [0.29, 0.717) is 55.0 Å². The number of β-amino-alcohol motifs (C(OH)–C–C–N with tert-alkyl or cyclic N) is 1. The van der Waals surface area contributed by atoms with E-state index in [1.807, 2.05) is 0 Å². The molecule has 3 aromatic carbocycles. The number of aryl methyl sites for hydroxylation is 1. The molecule has 0 radical (unpaired) electrons. The third kappa shape index (κ3) is 5.13. The van der Waals surface area contributed by atoms with Gasteiger partial charge in [0.2, 0.25) is 0 Å². The van der Waals surface area contributed by atoms with Gasteiger partial charge in [0, 0.05) is 25.0 Å². The van der Waals surface area contributed by atoms with Crippen molar-refractivity contribution in [2.24, 2.45) is 0 Å². The number of hydrogen-bond donors (Lipinski definition) is 2. The van der Waals surface area contributed by atoms with Crippen molar-refractivity contribution in [3.63, 3.8) is 0 Å². The van der Waals surface area contributed by atoms with Crippen molar-refractivity contribution in [1.82, 2.24) is 14.9 Å². The number of aromatic nitrogens is 2. The molecule has 0 bridgehead atoms. The summed E-state index contributed by atoms with van der Waals surface area (Å²) >= 11 is 0. The van der Waals surface area contributed by atoms with E-state index >= 15 is 8.78 Å². The highest BCUT2D eigenvalue weighted by Crippen LogP contribution is 2.44. The number of aliphatic hydroxyl groups is 1. The van der Waals surface area contributed by atoms with Crippen LogP contribution in [-0.2, 0) is 6.42 Å². The number of piperidine rings is 1. The maximum Gasteiger partial charge on any atom is 0.319 e. The summed E-state index contributed by atoms with van der Waals surface area (Å²) in [5, 5.41) is 22.3. The molecule has 242 valence electrons. The van der Waals surface area contributed by atoms with Gasteiger partial charge in [-0.25, -0.2) is 17.6 Å². The normalized spacial score (nSPS) is 24.4. The van der Waals surface area contributed by atoms with Crippen LogP contribution >= 0.6 is 0 Å². The average Bonchev–Trinajstić information content (AvgIpc) is 3.57. The average molecular weight is 637 g/mol. The summed E-state index contributed by atoms with van der Waals surface area (Å²) in [6, 6.07) is 6.44. The van der Waals surface area contributed by atoms with Crippen LogP contribution in [0.15, 0.2) is 42.2 Å². The van der Waals surface area contributed by atoms with E-state index in [2.05, 4.69) is 14.9 Å². The van der Waals surface area contributed by atoms with Crippen LogP contribution in [0.1, 0.15) is 51.5 Å². The van der Waals surface area contributed by atoms with Gasteiger partial charge in [-0.3, -0.25) is 4.90 Å². The summed E-state index contributed by atoms with van der Waals surface area (Å²) in [6.07, 6.45) is 4.34. The lowest BCUT2D eigenvalue weighted by Gasteiger charge is -2.38. The Morgan fingerprint density at radius 1 is 1.04 bits per heavy atom. The van der Waals surface area contributed by atoms with Crippen LogP contribution in [-0.4, -0.2) is 69.0 Å². The Hall–Kier alpha value is -3.96. The smallest absolute Gasteiger partial charge is 0.319 e. The molecular formula is C35H36F4N4O3. The summed E-state index contributed by atoms with van der Waals surface area (Å²) in [5.74, 6) is -2.45. The molecule has 0 spiro atoms. The Bertz CT molecular complexity index is 1900. The number of ether oxygens (including phenoxy) is 1. The fourth-order valence-corrected chi connectivity index (χ4v) is 7.81. The minimum Gasteiger partial charge on any atom is -0.508 e. The Morgan fingerprint density at radius 3 is 2.61 bits per heavy atom. The molecule has 2 N–H and O–H groups in total. The molecule has 3 fully saturated rings. The van der Waals surface area contributed by atoms with Crippen LogP contribution < -0.4 is 9.64 Å². The number of fused-ring (bicyclic) bond motifs is 3. The van der Waals surface area contributed by atoms with E-state index < -0.39 is 34.2 Å². The summed E-state index contributed by atoms with van der Waals surface area (Å²) in [5.41, 5.74) is -1.17. The monoisotopic (exact) mass is 636 g/mol. The number of hydrogen-bond acceptors (Lipinski definition) is 7. The largest absolute Gasteiger partial charge is 0.508 e. The van der Waals surface area contributed by atoms with Crippen molar-refractivity contribution in [3.05, 3.63) is 65.2 Å². The second kappa shape index (κ2) is 11.4. The Labute approximate surface area is 264 Å². The van der Waals surface area contributed by atoms with Gasteiger partial charge in [-0.1, -0.05) is 13.0 Å². The molecule has 3 saturated heterocycles. The second-order valence-corrected chi connectivity index (χ2v) is 13.2. The molecule has 0 aliphatic carbocycles. The maximum absolute atomic E-state index is 16.9.